The molecule has 0 bridgehead atoms. The van der Waals surface area contributed by atoms with Gasteiger partial charge >= 0.3 is 0 Å². The monoisotopic (exact) mass is 226 g/mol. The Kier molecular flexibility index (Phi) is 4.92. The number of aliphatic hydroxyl groups is 1. The Labute approximate surface area is 95.8 Å². The fourth-order valence-corrected chi connectivity index (χ4v) is 1.16. The lowest BCUT2D eigenvalue weighted by molar-refractivity contribution is 0.174. The lowest BCUT2D eigenvalue weighted by atomic mass is 10.2. The molecule has 1 aromatic rings. The molecular weight excluding hydrogens is 208 g/mol. The maximum Gasteiger partial charge on any atom is 0.126 e. The highest BCUT2D eigenvalue weighted by Crippen LogP contribution is 2.27. The number of hydrogen-bond donors (Lipinski definition) is 1. The van der Waals surface area contributed by atoms with Crippen molar-refractivity contribution in [1.29, 1.82) is 0 Å². The molecule has 1 unspecified atom stereocenters. The number of rotatable bonds is 6. The Balaban J connectivity index is 2.71. The second-order valence-electron chi connectivity index (χ2n) is 3.65. The van der Waals surface area contributed by atoms with Crippen LogP contribution in [0.15, 0.2) is 18.2 Å². The van der Waals surface area contributed by atoms with Crippen molar-refractivity contribution in [1.82, 2.24) is 0 Å². The molecule has 0 aliphatic rings. The van der Waals surface area contributed by atoms with E-state index in [9.17, 15) is 0 Å². The third-order valence-corrected chi connectivity index (χ3v) is 2.17. The number of methoxy groups -OCH3 is 2. The molecule has 0 spiro atoms. The molecule has 16 heavy (non-hydrogen) atoms. The number of aliphatic hydroxyl groups excluding tert-OH is 1. The molecule has 90 valence electrons. The van der Waals surface area contributed by atoms with Crippen LogP contribution in [0.2, 0.25) is 0 Å². The van der Waals surface area contributed by atoms with Gasteiger partial charge in [-0.3, -0.25) is 0 Å². The van der Waals surface area contributed by atoms with Crippen molar-refractivity contribution in [2.75, 3.05) is 27.4 Å². The minimum atomic E-state index is 0.109. The minimum absolute atomic E-state index is 0.109. The first-order chi connectivity index (χ1) is 7.69. The largest absolute Gasteiger partial charge is 0.496 e. The molecule has 0 heterocycles. The third kappa shape index (κ3) is 3.62. The molecule has 4 heteroatoms. The normalized spacial score (nSPS) is 12.0. The summed E-state index contributed by atoms with van der Waals surface area (Å²) < 4.78 is 15.8. The minimum Gasteiger partial charge on any atom is -0.496 e. The predicted octanol–water partition coefficient (Wildman–Crippen LogP) is 1.71. The highest BCUT2D eigenvalue weighted by atomic mass is 16.5. The molecule has 0 fully saturated rings. The Hall–Kier alpha value is -1.42. The topological polar surface area (TPSA) is 47.9 Å². The molecule has 4 nitrogen and oxygen atoms in total. The first kappa shape index (κ1) is 12.6. The summed E-state index contributed by atoms with van der Waals surface area (Å²) in [5, 5.41) is 8.88. The van der Waals surface area contributed by atoms with Crippen LogP contribution in [-0.4, -0.2) is 32.5 Å². The summed E-state index contributed by atoms with van der Waals surface area (Å²) in [6.45, 7) is 2.49. The summed E-state index contributed by atoms with van der Waals surface area (Å²) in [6.07, 6.45) is 0. The average molecular weight is 226 g/mol. The summed E-state index contributed by atoms with van der Waals surface area (Å²) in [7, 11) is 3.18. The van der Waals surface area contributed by atoms with Gasteiger partial charge in [0.05, 0.1) is 20.8 Å². The number of benzene rings is 1. The van der Waals surface area contributed by atoms with Crippen molar-refractivity contribution in [3.63, 3.8) is 0 Å². The zero-order chi connectivity index (χ0) is 12.0. The van der Waals surface area contributed by atoms with Crippen LogP contribution in [0.25, 0.3) is 0 Å². The van der Waals surface area contributed by atoms with E-state index in [0.717, 1.165) is 0 Å². The second-order valence-corrected chi connectivity index (χ2v) is 3.65. The number of hydrogen-bond acceptors (Lipinski definition) is 4. The maximum atomic E-state index is 8.88. The Bertz CT molecular complexity index is 303. The quantitative estimate of drug-likeness (QED) is 0.802. The highest BCUT2D eigenvalue weighted by Gasteiger charge is 2.05. The van der Waals surface area contributed by atoms with E-state index in [1.165, 1.54) is 0 Å². The van der Waals surface area contributed by atoms with Crippen LogP contribution in [-0.2, 0) is 0 Å². The van der Waals surface area contributed by atoms with E-state index in [4.69, 9.17) is 19.3 Å². The van der Waals surface area contributed by atoms with Gasteiger partial charge in [-0.2, -0.15) is 0 Å². The Morgan fingerprint density at radius 1 is 1.06 bits per heavy atom. The molecule has 1 N–H and O–H groups in total. The van der Waals surface area contributed by atoms with Crippen molar-refractivity contribution >= 4 is 0 Å². The molecule has 0 saturated carbocycles. The van der Waals surface area contributed by atoms with Gasteiger partial charge in [-0.15, -0.1) is 0 Å². The second kappa shape index (κ2) is 6.23. The molecule has 0 saturated heterocycles. The summed E-state index contributed by atoms with van der Waals surface area (Å²) in [6, 6.07) is 5.35. The van der Waals surface area contributed by atoms with E-state index >= 15 is 0 Å². The van der Waals surface area contributed by atoms with Crippen molar-refractivity contribution in [3.8, 4) is 17.2 Å². The van der Waals surface area contributed by atoms with Crippen LogP contribution < -0.4 is 14.2 Å². The van der Waals surface area contributed by atoms with Crippen molar-refractivity contribution in [3.05, 3.63) is 18.2 Å². The SMILES string of the molecule is COc1cc(OC)cc(OCC(C)CO)c1. The van der Waals surface area contributed by atoms with E-state index in [0.29, 0.717) is 23.9 Å². The smallest absolute Gasteiger partial charge is 0.126 e. The van der Waals surface area contributed by atoms with E-state index in [1.54, 1.807) is 32.4 Å². The molecule has 0 amide bonds. The van der Waals surface area contributed by atoms with Gasteiger partial charge in [-0.1, -0.05) is 6.92 Å². The molecule has 0 aliphatic heterocycles. The van der Waals surface area contributed by atoms with Crippen molar-refractivity contribution in [2.24, 2.45) is 5.92 Å². The van der Waals surface area contributed by atoms with Crippen LogP contribution in [0, 0.1) is 5.92 Å². The highest BCUT2D eigenvalue weighted by molar-refractivity contribution is 5.41. The Morgan fingerprint density at radius 2 is 1.56 bits per heavy atom. The molecule has 1 rings (SSSR count). The predicted molar refractivity (Wildman–Crippen MR) is 61.3 cm³/mol. The number of ether oxygens (including phenoxy) is 3. The van der Waals surface area contributed by atoms with E-state index in [-0.39, 0.29) is 12.5 Å². The van der Waals surface area contributed by atoms with Crippen LogP contribution >= 0.6 is 0 Å². The standard InChI is InChI=1S/C12H18O4/c1-9(7-13)8-16-12-5-10(14-2)4-11(6-12)15-3/h4-6,9,13H,7-8H2,1-3H3. The third-order valence-electron chi connectivity index (χ3n) is 2.17. The van der Waals surface area contributed by atoms with Gasteiger partial charge in [0.25, 0.3) is 0 Å². The summed E-state index contributed by atoms with van der Waals surface area (Å²) in [5.74, 6) is 2.16. The van der Waals surface area contributed by atoms with E-state index < -0.39 is 0 Å². The lowest BCUT2D eigenvalue weighted by Crippen LogP contribution is -2.12. The van der Waals surface area contributed by atoms with Gasteiger partial charge in [-0.25, -0.2) is 0 Å². The zero-order valence-corrected chi connectivity index (χ0v) is 9.90. The molecule has 1 atom stereocenters. The molecule has 0 aliphatic carbocycles. The van der Waals surface area contributed by atoms with E-state index in [2.05, 4.69) is 0 Å². The zero-order valence-electron chi connectivity index (χ0n) is 9.90. The van der Waals surface area contributed by atoms with Gasteiger partial charge in [0.2, 0.25) is 0 Å². The first-order valence-corrected chi connectivity index (χ1v) is 5.16. The first-order valence-electron chi connectivity index (χ1n) is 5.16. The summed E-state index contributed by atoms with van der Waals surface area (Å²) >= 11 is 0. The maximum absolute atomic E-state index is 8.88. The van der Waals surface area contributed by atoms with Gasteiger partial charge in [0.15, 0.2) is 0 Å². The van der Waals surface area contributed by atoms with Gasteiger partial charge in [0, 0.05) is 30.7 Å². The molecular formula is C12H18O4. The van der Waals surface area contributed by atoms with Crippen molar-refractivity contribution < 1.29 is 19.3 Å². The molecule has 1 aromatic carbocycles. The average Bonchev–Trinajstić information content (AvgIpc) is 2.35. The fourth-order valence-electron chi connectivity index (χ4n) is 1.16. The summed E-state index contributed by atoms with van der Waals surface area (Å²) in [4.78, 5) is 0. The van der Waals surface area contributed by atoms with Crippen LogP contribution in [0.5, 0.6) is 17.2 Å². The molecule has 0 radical (unpaired) electrons. The van der Waals surface area contributed by atoms with E-state index in [1.807, 2.05) is 6.92 Å². The van der Waals surface area contributed by atoms with Crippen LogP contribution in [0.4, 0.5) is 0 Å². The molecule has 0 aromatic heterocycles. The summed E-state index contributed by atoms with van der Waals surface area (Å²) in [5.41, 5.74) is 0. The van der Waals surface area contributed by atoms with Gasteiger partial charge in [-0.05, 0) is 0 Å². The van der Waals surface area contributed by atoms with Gasteiger partial charge in [0.1, 0.15) is 17.2 Å². The Morgan fingerprint density at radius 3 is 2.00 bits per heavy atom. The van der Waals surface area contributed by atoms with Gasteiger partial charge < -0.3 is 19.3 Å². The fraction of sp³-hybridized carbons (Fsp3) is 0.500. The van der Waals surface area contributed by atoms with Crippen LogP contribution in [0.3, 0.4) is 0 Å². The van der Waals surface area contributed by atoms with Crippen LogP contribution in [0.1, 0.15) is 6.92 Å². The van der Waals surface area contributed by atoms with Crippen molar-refractivity contribution in [2.45, 2.75) is 6.92 Å². The lowest BCUT2D eigenvalue weighted by Gasteiger charge is -2.12.